The fourth-order valence-electron chi connectivity index (χ4n) is 3.38. The lowest BCUT2D eigenvalue weighted by molar-refractivity contribution is 0.121. The van der Waals surface area contributed by atoms with Crippen molar-refractivity contribution in [2.24, 2.45) is 0 Å². The number of fused-ring (bicyclic) bond motifs is 1. The van der Waals surface area contributed by atoms with E-state index in [0.29, 0.717) is 17.8 Å². The number of nitrogens with zero attached hydrogens (tertiary/aromatic N) is 4. The topological polar surface area (TPSA) is 41.5 Å². The molecule has 3 aliphatic rings. The molecule has 1 saturated carbocycles. The van der Waals surface area contributed by atoms with Crippen LogP contribution in [-0.4, -0.2) is 65.1 Å². The zero-order valence-corrected chi connectivity index (χ0v) is 12.0. The number of piperazine rings is 1. The summed E-state index contributed by atoms with van der Waals surface area (Å²) < 4.78 is 6.02. The summed E-state index contributed by atoms with van der Waals surface area (Å²) in [5, 5.41) is 0. The molecule has 20 heavy (non-hydrogen) atoms. The Morgan fingerprint density at radius 3 is 2.80 bits per heavy atom. The van der Waals surface area contributed by atoms with Crippen molar-refractivity contribution in [2.75, 3.05) is 33.2 Å². The van der Waals surface area contributed by atoms with Gasteiger partial charge in [0.1, 0.15) is 6.10 Å². The van der Waals surface area contributed by atoms with Gasteiger partial charge in [-0.25, -0.2) is 4.98 Å². The van der Waals surface area contributed by atoms with E-state index >= 15 is 0 Å². The van der Waals surface area contributed by atoms with Gasteiger partial charge in [-0.15, -0.1) is 0 Å². The van der Waals surface area contributed by atoms with Crippen LogP contribution in [-0.2, 0) is 0 Å². The van der Waals surface area contributed by atoms with E-state index in [-0.39, 0.29) is 6.10 Å². The molecule has 1 aliphatic carbocycles. The van der Waals surface area contributed by atoms with Crippen molar-refractivity contribution in [3.63, 3.8) is 0 Å². The lowest BCUT2D eigenvalue weighted by Gasteiger charge is -2.34. The lowest BCUT2D eigenvalue weighted by Crippen LogP contribution is -2.48. The summed E-state index contributed by atoms with van der Waals surface area (Å²) >= 11 is 0. The Labute approximate surface area is 120 Å². The van der Waals surface area contributed by atoms with Gasteiger partial charge in [-0.1, -0.05) is 0 Å². The number of rotatable bonds is 3. The Balaban J connectivity index is 1.37. The third kappa shape index (κ3) is 2.52. The van der Waals surface area contributed by atoms with Crippen LogP contribution in [0.4, 0.5) is 0 Å². The molecule has 1 aromatic rings. The molecule has 5 heteroatoms. The van der Waals surface area contributed by atoms with Gasteiger partial charge in [0.25, 0.3) is 0 Å². The smallest absolute Gasteiger partial charge is 0.232 e. The van der Waals surface area contributed by atoms with Crippen molar-refractivity contribution < 1.29 is 4.74 Å². The van der Waals surface area contributed by atoms with Gasteiger partial charge in [0, 0.05) is 44.6 Å². The highest BCUT2D eigenvalue weighted by Crippen LogP contribution is 2.38. The first kappa shape index (κ1) is 12.5. The first-order valence-electron chi connectivity index (χ1n) is 7.69. The second kappa shape index (κ2) is 4.97. The highest BCUT2D eigenvalue weighted by atomic mass is 16.5. The molecule has 2 aliphatic heterocycles. The molecular weight excluding hydrogens is 252 g/mol. The molecule has 108 valence electrons. The molecule has 0 aromatic carbocycles. The third-order valence-corrected chi connectivity index (χ3v) is 4.71. The van der Waals surface area contributed by atoms with Gasteiger partial charge in [0.05, 0.1) is 18.1 Å². The average molecular weight is 274 g/mol. The summed E-state index contributed by atoms with van der Waals surface area (Å²) in [6.07, 6.45) is 7.60. The Hall–Kier alpha value is -1.20. The highest BCUT2D eigenvalue weighted by Gasteiger charge is 2.36. The molecule has 2 saturated heterocycles. The van der Waals surface area contributed by atoms with Crippen LogP contribution in [0.1, 0.15) is 30.9 Å². The Kier molecular flexibility index (Phi) is 3.11. The minimum atomic E-state index is 0.271. The molecule has 1 unspecified atom stereocenters. The van der Waals surface area contributed by atoms with E-state index in [4.69, 9.17) is 4.74 Å². The molecule has 0 N–H and O–H groups in total. The molecule has 0 amide bonds. The molecule has 5 nitrogen and oxygen atoms in total. The van der Waals surface area contributed by atoms with Crippen LogP contribution >= 0.6 is 0 Å². The maximum absolute atomic E-state index is 6.02. The lowest BCUT2D eigenvalue weighted by atomic mass is 10.1. The van der Waals surface area contributed by atoms with Crippen LogP contribution in [0.2, 0.25) is 0 Å². The van der Waals surface area contributed by atoms with Crippen molar-refractivity contribution in [3.05, 3.63) is 18.1 Å². The Morgan fingerprint density at radius 2 is 2.05 bits per heavy atom. The second-order valence-electron chi connectivity index (χ2n) is 6.44. The van der Waals surface area contributed by atoms with Gasteiger partial charge in [0.15, 0.2) is 0 Å². The molecule has 0 bridgehead atoms. The van der Waals surface area contributed by atoms with E-state index in [1.165, 1.54) is 19.4 Å². The van der Waals surface area contributed by atoms with Crippen molar-refractivity contribution in [3.8, 4) is 5.88 Å². The predicted octanol–water partition coefficient (Wildman–Crippen LogP) is 1.12. The maximum atomic E-state index is 6.02. The number of likely N-dealkylation sites (N-methyl/N-ethyl adjacent to an activating group) is 1. The summed E-state index contributed by atoms with van der Waals surface area (Å²) in [5.74, 6) is 1.35. The monoisotopic (exact) mass is 274 g/mol. The van der Waals surface area contributed by atoms with Crippen molar-refractivity contribution in [1.82, 2.24) is 19.8 Å². The minimum Gasteiger partial charge on any atom is -0.472 e. The SMILES string of the molecule is CN1CCN2C[C@H](Oc3cnc(C4CC4)cn3)CC2C1. The fourth-order valence-corrected chi connectivity index (χ4v) is 3.38. The minimum absolute atomic E-state index is 0.271. The number of hydrogen-bond acceptors (Lipinski definition) is 5. The van der Waals surface area contributed by atoms with Gasteiger partial charge >= 0.3 is 0 Å². The molecule has 0 spiro atoms. The number of aromatic nitrogens is 2. The quantitative estimate of drug-likeness (QED) is 0.826. The van der Waals surface area contributed by atoms with E-state index in [1.807, 2.05) is 6.20 Å². The molecule has 3 heterocycles. The molecule has 2 atom stereocenters. The summed E-state index contributed by atoms with van der Waals surface area (Å²) in [6, 6.07) is 0.650. The number of ether oxygens (including phenoxy) is 1. The van der Waals surface area contributed by atoms with E-state index in [0.717, 1.165) is 31.7 Å². The average Bonchev–Trinajstić information content (AvgIpc) is 3.21. The van der Waals surface area contributed by atoms with Crippen molar-refractivity contribution >= 4 is 0 Å². The Morgan fingerprint density at radius 1 is 1.15 bits per heavy atom. The van der Waals surface area contributed by atoms with E-state index < -0.39 is 0 Å². The largest absolute Gasteiger partial charge is 0.472 e. The summed E-state index contributed by atoms with van der Waals surface area (Å²) in [5.41, 5.74) is 1.13. The molecule has 1 aromatic heterocycles. The first-order valence-corrected chi connectivity index (χ1v) is 7.69. The van der Waals surface area contributed by atoms with Gasteiger partial charge in [-0.3, -0.25) is 9.88 Å². The van der Waals surface area contributed by atoms with E-state index in [9.17, 15) is 0 Å². The zero-order chi connectivity index (χ0) is 13.5. The molecule has 3 fully saturated rings. The molecular formula is C15H22N4O. The van der Waals surface area contributed by atoms with Crippen LogP contribution < -0.4 is 4.74 Å². The van der Waals surface area contributed by atoms with Crippen molar-refractivity contribution in [1.29, 1.82) is 0 Å². The van der Waals surface area contributed by atoms with Gasteiger partial charge < -0.3 is 9.64 Å². The van der Waals surface area contributed by atoms with Gasteiger partial charge in [-0.2, -0.15) is 0 Å². The van der Waals surface area contributed by atoms with Crippen LogP contribution in [0, 0.1) is 0 Å². The van der Waals surface area contributed by atoms with Crippen LogP contribution in [0.5, 0.6) is 5.88 Å². The summed E-state index contributed by atoms with van der Waals surface area (Å²) in [7, 11) is 2.20. The van der Waals surface area contributed by atoms with E-state index in [2.05, 4.69) is 26.8 Å². The fraction of sp³-hybridized carbons (Fsp3) is 0.733. The Bertz CT molecular complexity index is 473. The first-order chi connectivity index (χ1) is 9.78. The third-order valence-electron chi connectivity index (χ3n) is 4.71. The normalized spacial score (nSPS) is 31.2. The summed E-state index contributed by atoms with van der Waals surface area (Å²) in [4.78, 5) is 13.9. The predicted molar refractivity (Wildman–Crippen MR) is 75.9 cm³/mol. The van der Waals surface area contributed by atoms with Gasteiger partial charge in [0.2, 0.25) is 5.88 Å². The summed E-state index contributed by atoms with van der Waals surface area (Å²) in [6.45, 7) is 4.52. The second-order valence-corrected chi connectivity index (χ2v) is 6.44. The highest BCUT2D eigenvalue weighted by molar-refractivity contribution is 5.15. The molecule has 4 rings (SSSR count). The van der Waals surface area contributed by atoms with Crippen LogP contribution in [0.15, 0.2) is 12.4 Å². The number of hydrogen-bond donors (Lipinski definition) is 0. The van der Waals surface area contributed by atoms with E-state index in [1.54, 1.807) is 6.20 Å². The van der Waals surface area contributed by atoms with Gasteiger partial charge in [-0.05, 0) is 19.9 Å². The maximum Gasteiger partial charge on any atom is 0.232 e. The molecule has 0 radical (unpaired) electrons. The zero-order valence-electron chi connectivity index (χ0n) is 12.0. The van der Waals surface area contributed by atoms with Crippen LogP contribution in [0.25, 0.3) is 0 Å². The van der Waals surface area contributed by atoms with Crippen molar-refractivity contribution in [2.45, 2.75) is 37.3 Å². The standard InChI is InChI=1S/C15H22N4O/c1-18-4-5-19-10-13(6-12(19)9-18)20-15-8-16-14(7-17-15)11-2-3-11/h7-8,11-13H,2-6,9-10H2,1H3/t12?,13-/m1/s1. The van der Waals surface area contributed by atoms with Crippen LogP contribution in [0.3, 0.4) is 0 Å².